The van der Waals surface area contributed by atoms with E-state index < -0.39 is 48.7 Å². The summed E-state index contributed by atoms with van der Waals surface area (Å²) in [4.78, 5) is 35.0. The Morgan fingerprint density at radius 1 is 1.04 bits per heavy atom. The van der Waals surface area contributed by atoms with Gasteiger partial charge in [0.1, 0.15) is 17.9 Å². The van der Waals surface area contributed by atoms with E-state index in [9.17, 15) is 14.4 Å². The second-order valence-electron chi connectivity index (χ2n) is 6.24. The fourth-order valence-electron chi connectivity index (χ4n) is 3.19. The number of hydrogen-bond acceptors (Lipinski definition) is 8. The van der Waals surface area contributed by atoms with E-state index in [0.29, 0.717) is 5.75 Å². The molecule has 2 fully saturated rings. The lowest BCUT2D eigenvalue weighted by Gasteiger charge is -2.40. The van der Waals surface area contributed by atoms with Crippen molar-refractivity contribution in [2.24, 2.45) is 0 Å². The van der Waals surface area contributed by atoms with Crippen LogP contribution in [-0.2, 0) is 33.3 Å². The minimum absolute atomic E-state index is 0.320. The van der Waals surface area contributed by atoms with Gasteiger partial charge in [0.05, 0.1) is 0 Å². The molecule has 2 aliphatic heterocycles. The van der Waals surface area contributed by atoms with Gasteiger partial charge in [-0.05, 0) is 12.1 Å². The number of ether oxygens (including phenoxy) is 5. The predicted octanol–water partition coefficient (Wildman–Crippen LogP) is 0.167. The number of benzene rings is 1. The monoisotopic (exact) mass is 379 g/mol. The molecule has 0 bridgehead atoms. The van der Waals surface area contributed by atoms with Crippen LogP contribution in [0.25, 0.3) is 0 Å². The molecular formula is C18H21NO8. The zero-order valence-corrected chi connectivity index (χ0v) is 15.1. The first-order valence-corrected chi connectivity index (χ1v) is 8.45. The number of nitrogens with one attached hydrogen (secondary N) is 1. The van der Waals surface area contributed by atoms with E-state index in [0.717, 1.165) is 0 Å². The van der Waals surface area contributed by atoms with Gasteiger partial charge < -0.3 is 29.0 Å². The maximum Gasteiger partial charge on any atom is 0.303 e. The Labute approximate surface area is 155 Å². The van der Waals surface area contributed by atoms with Crippen molar-refractivity contribution in [2.75, 3.05) is 7.11 Å². The molecule has 0 aromatic heterocycles. The summed E-state index contributed by atoms with van der Waals surface area (Å²) in [6.07, 6.45) is -4.52. The van der Waals surface area contributed by atoms with Crippen LogP contribution >= 0.6 is 0 Å². The first-order chi connectivity index (χ1) is 12.9. The van der Waals surface area contributed by atoms with Gasteiger partial charge >= 0.3 is 11.9 Å². The molecule has 1 N–H and O–H groups in total. The molecule has 0 saturated carbocycles. The topological polar surface area (TPSA) is 109 Å². The molecule has 3 rings (SSSR count). The molecule has 2 aliphatic rings. The van der Waals surface area contributed by atoms with Gasteiger partial charge in [-0.3, -0.25) is 14.4 Å². The second kappa shape index (κ2) is 7.93. The first-order valence-electron chi connectivity index (χ1n) is 8.45. The normalized spacial score (nSPS) is 32.2. The molecule has 9 nitrogen and oxygen atoms in total. The van der Waals surface area contributed by atoms with Crippen LogP contribution in [0.2, 0.25) is 0 Å². The van der Waals surface area contributed by atoms with Gasteiger partial charge in [-0.2, -0.15) is 0 Å². The maximum atomic E-state index is 12.0. The van der Waals surface area contributed by atoms with Crippen LogP contribution < -0.4 is 10.1 Å². The highest BCUT2D eigenvalue weighted by Gasteiger charge is 2.59. The Hall–Kier alpha value is -2.65. The van der Waals surface area contributed by atoms with E-state index in [1.807, 2.05) is 6.07 Å². The van der Waals surface area contributed by atoms with Gasteiger partial charge in [0, 0.05) is 21.0 Å². The highest BCUT2D eigenvalue weighted by atomic mass is 16.7. The van der Waals surface area contributed by atoms with Crippen molar-refractivity contribution in [3.8, 4) is 5.75 Å². The van der Waals surface area contributed by atoms with E-state index in [1.54, 1.807) is 24.3 Å². The number of carbonyl (C=O) groups is 3. The third-order valence-corrected chi connectivity index (χ3v) is 4.30. The van der Waals surface area contributed by atoms with Crippen LogP contribution in [0.15, 0.2) is 30.3 Å². The number of hydrogen-bond donors (Lipinski definition) is 1. The van der Waals surface area contributed by atoms with Crippen molar-refractivity contribution in [1.82, 2.24) is 5.32 Å². The number of amides is 1. The van der Waals surface area contributed by atoms with Gasteiger partial charge in [0.15, 0.2) is 24.6 Å². The Bertz CT molecular complexity index is 709. The fraction of sp³-hybridized carbons (Fsp3) is 0.500. The molecule has 1 aromatic rings. The summed E-state index contributed by atoms with van der Waals surface area (Å²) in [5.74, 6) is -0.949. The quantitative estimate of drug-likeness (QED) is 0.550. The van der Waals surface area contributed by atoms with E-state index >= 15 is 0 Å². The molecule has 2 heterocycles. The third-order valence-electron chi connectivity index (χ3n) is 4.30. The molecule has 0 aliphatic carbocycles. The van der Waals surface area contributed by atoms with Gasteiger partial charge in [0.25, 0.3) is 5.91 Å². The van der Waals surface area contributed by atoms with Crippen LogP contribution in [-0.4, -0.2) is 61.7 Å². The Morgan fingerprint density at radius 3 is 2.22 bits per heavy atom. The molecule has 146 valence electrons. The molecule has 0 radical (unpaired) electrons. The van der Waals surface area contributed by atoms with E-state index in [1.165, 1.54) is 21.0 Å². The Morgan fingerprint density at radius 2 is 1.67 bits per heavy atom. The fourth-order valence-corrected chi connectivity index (χ4v) is 3.19. The molecule has 6 atom stereocenters. The first kappa shape index (κ1) is 19.1. The third kappa shape index (κ3) is 4.04. The summed E-state index contributed by atoms with van der Waals surface area (Å²) < 4.78 is 27.3. The minimum atomic E-state index is -0.962. The van der Waals surface area contributed by atoms with E-state index in [-0.39, 0.29) is 5.91 Å². The molecule has 0 spiro atoms. The Kier molecular flexibility index (Phi) is 5.62. The van der Waals surface area contributed by atoms with Crippen LogP contribution in [0, 0.1) is 0 Å². The average molecular weight is 379 g/mol. The lowest BCUT2D eigenvalue weighted by atomic mass is 9.92. The molecule has 2 saturated heterocycles. The van der Waals surface area contributed by atoms with E-state index in [2.05, 4.69) is 5.32 Å². The van der Waals surface area contributed by atoms with Gasteiger partial charge in [-0.15, -0.1) is 0 Å². The standard InChI is InChI=1S/C18H21NO8/c1-9(20)24-15-13(27-18(23-3)16(15)25-10(2)21)12-14(17(22)19-12)26-11-7-5-4-6-8-11/h4-8,12-16,18H,1-3H3,(H,19,22)/t12-,13-,14+,15+,16-,18-/m1/s1. The van der Waals surface area contributed by atoms with Crippen molar-refractivity contribution in [1.29, 1.82) is 0 Å². The van der Waals surface area contributed by atoms with Crippen LogP contribution in [0.4, 0.5) is 0 Å². The smallest absolute Gasteiger partial charge is 0.303 e. The number of rotatable bonds is 6. The van der Waals surface area contributed by atoms with Crippen molar-refractivity contribution >= 4 is 17.8 Å². The van der Waals surface area contributed by atoms with Gasteiger partial charge in [-0.25, -0.2) is 0 Å². The molecular weight excluding hydrogens is 358 g/mol. The Balaban J connectivity index is 1.80. The lowest BCUT2D eigenvalue weighted by Crippen LogP contribution is -2.71. The van der Waals surface area contributed by atoms with Crippen LogP contribution in [0.3, 0.4) is 0 Å². The summed E-state index contributed by atoms with van der Waals surface area (Å²) in [6, 6.07) is 8.23. The number of methoxy groups -OCH3 is 1. The zero-order chi connectivity index (χ0) is 19.6. The molecule has 1 amide bonds. The molecule has 1 aromatic carbocycles. The molecule has 27 heavy (non-hydrogen) atoms. The maximum absolute atomic E-state index is 12.0. The number of β-lactam (4-membered cyclic amide) rings is 1. The predicted molar refractivity (Wildman–Crippen MR) is 89.6 cm³/mol. The largest absolute Gasteiger partial charge is 0.478 e. The van der Waals surface area contributed by atoms with Gasteiger partial charge in [-0.1, -0.05) is 18.2 Å². The van der Waals surface area contributed by atoms with Crippen molar-refractivity contribution in [2.45, 2.75) is 50.6 Å². The highest BCUT2D eigenvalue weighted by Crippen LogP contribution is 2.33. The summed E-state index contributed by atoms with van der Waals surface area (Å²) in [5, 5.41) is 2.70. The van der Waals surface area contributed by atoms with Crippen molar-refractivity contribution in [3.63, 3.8) is 0 Å². The highest BCUT2D eigenvalue weighted by molar-refractivity contribution is 5.89. The SMILES string of the molecule is CO[C@@H]1O[C@H]([C@H]2NC(=O)[C@H]2Oc2ccccc2)[C@H](OC(C)=O)[C@H]1OC(C)=O. The summed E-state index contributed by atoms with van der Waals surface area (Å²) >= 11 is 0. The number of carbonyl (C=O) groups excluding carboxylic acids is 3. The van der Waals surface area contributed by atoms with Crippen molar-refractivity contribution < 1.29 is 38.1 Å². The molecule has 0 unspecified atom stereocenters. The average Bonchev–Trinajstić information content (AvgIpc) is 2.94. The summed E-state index contributed by atoms with van der Waals surface area (Å²) in [6.45, 7) is 2.47. The number of para-hydroxylation sites is 1. The lowest BCUT2D eigenvalue weighted by molar-refractivity contribution is -0.183. The van der Waals surface area contributed by atoms with Crippen LogP contribution in [0.5, 0.6) is 5.75 Å². The van der Waals surface area contributed by atoms with Crippen molar-refractivity contribution in [3.05, 3.63) is 30.3 Å². The van der Waals surface area contributed by atoms with E-state index in [4.69, 9.17) is 23.7 Å². The summed E-state index contributed by atoms with van der Waals surface area (Å²) in [7, 11) is 1.38. The number of esters is 2. The molecule has 9 heteroatoms. The zero-order valence-electron chi connectivity index (χ0n) is 15.1. The minimum Gasteiger partial charge on any atom is -0.478 e. The van der Waals surface area contributed by atoms with Crippen LogP contribution in [0.1, 0.15) is 13.8 Å². The second-order valence-corrected chi connectivity index (χ2v) is 6.24. The summed E-state index contributed by atoms with van der Waals surface area (Å²) in [5.41, 5.74) is 0. The van der Waals surface area contributed by atoms with Gasteiger partial charge in [0.2, 0.25) is 0 Å².